The van der Waals surface area contributed by atoms with Crippen LogP contribution in [0.15, 0.2) is 18.2 Å². The molecule has 2 N–H and O–H groups in total. The Hall–Kier alpha value is -1.04. The molecule has 2 nitrogen and oxygen atoms in total. The van der Waals surface area contributed by atoms with E-state index >= 15 is 0 Å². The predicted molar refractivity (Wildman–Crippen MR) is 60.3 cm³/mol. The molecule has 76 valence electrons. The highest BCUT2D eigenvalue weighted by Gasteiger charge is 2.07. The summed E-state index contributed by atoms with van der Waals surface area (Å²) in [4.78, 5) is 0. The second-order valence-electron chi connectivity index (χ2n) is 3.33. The van der Waals surface area contributed by atoms with Crippen LogP contribution >= 0.6 is 12.4 Å². The summed E-state index contributed by atoms with van der Waals surface area (Å²) in [7, 11) is 0. The second-order valence-corrected chi connectivity index (χ2v) is 3.33. The van der Waals surface area contributed by atoms with E-state index in [0.717, 1.165) is 11.1 Å². The lowest BCUT2D eigenvalue weighted by Crippen LogP contribution is -2.10. The van der Waals surface area contributed by atoms with Crippen LogP contribution in [0.5, 0.6) is 0 Å². The van der Waals surface area contributed by atoms with E-state index in [2.05, 4.69) is 18.2 Å². The molecule has 1 rings (SSSR count). The van der Waals surface area contributed by atoms with Gasteiger partial charge in [0.2, 0.25) is 0 Å². The van der Waals surface area contributed by atoms with Crippen molar-refractivity contribution in [1.82, 2.24) is 0 Å². The quantitative estimate of drug-likeness (QED) is 0.816. The summed E-state index contributed by atoms with van der Waals surface area (Å²) in [5.41, 5.74) is 9.29. The van der Waals surface area contributed by atoms with Crippen molar-refractivity contribution in [3.8, 4) is 6.07 Å². The Morgan fingerprint density at radius 3 is 2.64 bits per heavy atom. The first-order chi connectivity index (χ1) is 6.15. The molecule has 0 radical (unpaired) electrons. The number of halogens is 1. The zero-order chi connectivity index (χ0) is 9.84. The molecule has 0 amide bonds. The van der Waals surface area contributed by atoms with Gasteiger partial charge in [-0.3, -0.25) is 0 Å². The van der Waals surface area contributed by atoms with Gasteiger partial charge in [-0.15, -0.1) is 12.4 Å². The topological polar surface area (TPSA) is 49.8 Å². The van der Waals surface area contributed by atoms with Gasteiger partial charge in [-0.25, -0.2) is 0 Å². The van der Waals surface area contributed by atoms with Gasteiger partial charge in [-0.05, 0) is 25.0 Å². The first kappa shape index (κ1) is 13.0. The van der Waals surface area contributed by atoms with Crippen molar-refractivity contribution >= 4 is 12.4 Å². The largest absolute Gasteiger partial charge is 0.323 e. The maximum absolute atomic E-state index is 8.53. The van der Waals surface area contributed by atoms with E-state index in [1.54, 1.807) is 0 Å². The molecule has 0 aromatic heterocycles. The average molecular weight is 211 g/mol. The van der Waals surface area contributed by atoms with Gasteiger partial charge >= 0.3 is 0 Å². The summed E-state index contributed by atoms with van der Waals surface area (Å²) in [6.45, 7) is 4.05. The van der Waals surface area contributed by atoms with E-state index in [0.29, 0.717) is 6.42 Å². The highest BCUT2D eigenvalue weighted by atomic mass is 35.5. The standard InChI is InChI=1S/C11H14N2.ClH/c1-8-3-4-9(2)10(7-8)11(13)5-6-12;/h3-4,7,11H,5,13H2,1-2H3;1H/t11-;/m0./s1. The van der Waals surface area contributed by atoms with Gasteiger partial charge in [0.25, 0.3) is 0 Å². The van der Waals surface area contributed by atoms with Gasteiger partial charge < -0.3 is 5.73 Å². The van der Waals surface area contributed by atoms with Gasteiger partial charge in [0.1, 0.15) is 0 Å². The molecular formula is C11H15ClN2. The van der Waals surface area contributed by atoms with Crippen LogP contribution in [0.1, 0.15) is 29.2 Å². The molecule has 0 aliphatic heterocycles. The fourth-order valence-electron chi connectivity index (χ4n) is 1.37. The third-order valence-electron chi connectivity index (χ3n) is 2.15. The van der Waals surface area contributed by atoms with Crippen molar-refractivity contribution in [2.75, 3.05) is 0 Å². The molecule has 1 aromatic rings. The fraction of sp³-hybridized carbons (Fsp3) is 0.364. The Morgan fingerprint density at radius 1 is 1.43 bits per heavy atom. The van der Waals surface area contributed by atoms with Crippen LogP contribution in [0.3, 0.4) is 0 Å². The van der Waals surface area contributed by atoms with Crippen LogP contribution in [0, 0.1) is 25.2 Å². The van der Waals surface area contributed by atoms with E-state index in [9.17, 15) is 0 Å². The van der Waals surface area contributed by atoms with Gasteiger partial charge in [-0.1, -0.05) is 23.8 Å². The number of rotatable bonds is 2. The molecule has 0 unspecified atom stereocenters. The van der Waals surface area contributed by atoms with E-state index in [-0.39, 0.29) is 18.4 Å². The smallest absolute Gasteiger partial charge is 0.0641 e. The number of nitrogens with zero attached hydrogens (tertiary/aromatic N) is 1. The molecule has 0 aliphatic rings. The van der Waals surface area contributed by atoms with Gasteiger partial charge in [0, 0.05) is 6.04 Å². The fourth-order valence-corrected chi connectivity index (χ4v) is 1.37. The molecular weight excluding hydrogens is 196 g/mol. The lowest BCUT2D eigenvalue weighted by atomic mass is 9.98. The molecule has 0 saturated carbocycles. The minimum absolute atomic E-state index is 0. The normalized spacial score (nSPS) is 11.3. The van der Waals surface area contributed by atoms with Crippen LogP contribution in [0.4, 0.5) is 0 Å². The van der Waals surface area contributed by atoms with Gasteiger partial charge in [-0.2, -0.15) is 5.26 Å². The molecule has 1 atom stereocenters. The molecule has 14 heavy (non-hydrogen) atoms. The molecule has 0 fully saturated rings. The van der Waals surface area contributed by atoms with Crippen LogP contribution in [-0.2, 0) is 0 Å². The zero-order valence-corrected chi connectivity index (χ0v) is 9.27. The monoisotopic (exact) mass is 210 g/mol. The van der Waals surface area contributed by atoms with E-state index in [1.165, 1.54) is 5.56 Å². The van der Waals surface area contributed by atoms with Crippen molar-refractivity contribution < 1.29 is 0 Å². The van der Waals surface area contributed by atoms with Crippen LogP contribution < -0.4 is 5.73 Å². The predicted octanol–water partition coefficient (Wildman–Crippen LogP) is 2.64. The highest BCUT2D eigenvalue weighted by molar-refractivity contribution is 5.85. The third-order valence-corrected chi connectivity index (χ3v) is 2.15. The van der Waals surface area contributed by atoms with Crippen LogP contribution in [0.2, 0.25) is 0 Å². The van der Waals surface area contributed by atoms with E-state index in [4.69, 9.17) is 11.0 Å². The molecule has 0 saturated heterocycles. The summed E-state index contributed by atoms with van der Waals surface area (Å²) >= 11 is 0. The van der Waals surface area contributed by atoms with E-state index < -0.39 is 0 Å². The minimum Gasteiger partial charge on any atom is -0.323 e. The zero-order valence-electron chi connectivity index (χ0n) is 8.45. The maximum atomic E-state index is 8.53. The minimum atomic E-state index is -0.148. The summed E-state index contributed by atoms with van der Waals surface area (Å²) in [6.07, 6.45) is 0.379. The molecule has 0 bridgehead atoms. The molecule has 0 aliphatic carbocycles. The van der Waals surface area contributed by atoms with Crippen molar-refractivity contribution in [3.05, 3.63) is 34.9 Å². The number of nitrogens with two attached hydrogens (primary N) is 1. The van der Waals surface area contributed by atoms with Gasteiger partial charge in [0.05, 0.1) is 12.5 Å². The van der Waals surface area contributed by atoms with Crippen LogP contribution in [-0.4, -0.2) is 0 Å². The summed E-state index contributed by atoms with van der Waals surface area (Å²) in [5.74, 6) is 0. The molecule has 0 spiro atoms. The SMILES string of the molecule is Cc1ccc(C)c([C@@H](N)CC#N)c1.Cl. The highest BCUT2D eigenvalue weighted by Crippen LogP contribution is 2.19. The average Bonchev–Trinajstić information content (AvgIpc) is 2.09. The van der Waals surface area contributed by atoms with Crippen molar-refractivity contribution in [2.24, 2.45) is 5.73 Å². The summed E-state index contributed by atoms with van der Waals surface area (Å²) in [6, 6.07) is 8.09. The number of hydrogen-bond acceptors (Lipinski definition) is 2. The summed E-state index contributed by atoms with van der Waals surface area (Å²) in [5, 5.41) is 8.53. The third kappa shape index (κ3) is 3.02. The first-order valence-corrected chi connectivity index (χ1v) is 4.35. The number of nitriles is 1. The molecule has 0 heterocycles. The lowest BCUT2D eigenvalue weighted by Gasteiger charge is -2.11. The number of benzene rings is 1. The van der Waals surface area contributed by atoms with Gasteiger partial charge in [0.15, 0.2) is 0 Å². The molecule has 3 heteroatoms. The Bertz CT molecular complexity index is 342. The Morgan fingerprint density at radius 2 is 2.07 bits per heavy atom. The van der Waals surface area contributed by atoms with Crippen molar-refractivity contribution in [3.63, 3.8) is 0 Å². The Kier molecular flexibility index (Phi) is 5.22. The van der Waals surface area contributed by atoms with Crippen LogP contribution in [0.25, 0.3) is 0 Å². The lowest BCUT2D eigenvalue weighted by molar-refractivity contribution is 0.741. The number of hydrogen-bond donors (Lipinski definition) is 1. The van der Waals surface area contributed by atoms with E-state index in [1.807, 2.05) is 19.9 Å². The molecule has 1 aromatic carbocycles. The first-order valence-electron chi connectivity index (χ1n) is 4.35. The Labute approximate surface area is 91.1 Å². The number of aryl methyl sites for hydroxylation is 2. The Balaban J connectivity index is 0.00000169. The van der Waals surface area contributed by atoms with Crippen molar-refractivity contribution in [1.29, 1.82) is 5.26 Å². The van der Waals surface area contributed by atoms with Crippen molar-refractivity contribution in [2.45, 2.75) is 26.3 Å². The summed E-state index contributed by atoms with van der Waals surface area (Å²) < 4.78 is 0. The second kappa shape index (κ2) is 5.64. The maximum Gasteiger partial charge on any atom is 0.0641 e.